The first kappa shape index (κ1) is 15.9. The Morgan fingerprint density at radius 1 is 1.18 bits per heavy atom. The molecule has 1 amide bonds. The lowest BCUT2D eigenvalue weighted by molar-refractivity contribution is -0.115. The third-order valence-electron chi connectivity index (χ3n) is 3.01. The zero-order chi connectivity index (χ0) is 16.1. The number of anilines is 2. The fraction of sp³-hybridized carbons (Fsp3) is 0.125. The Hall–Kier alpha value is -2.53. The van der Waals surface area contributed by atoms with Crippen LogP contribution >= 0.6 is 11.6 Å². The summed E-state index contributed by atoms with van der Waals surface area (Å²) in [6, 6.07) is 11.6. The smallest absolute Gasteiger partial charge is 0.337 e. The average Bonchev–Trinajstić information content (AvgIpc) is 2.51. The summed E-state index contributed by atoms with van der Waals surface area (Å²) in [5, 5.41) is 3.03. The highest BCUT2D eigenvalue weighted by atomic mass is 35.5. The third kappa shape index (κ3) is 3.99. The molecule has 0 bridgehead atoms. The molecule has 6 heteroatoms. The lowest BCUT2D eigenvalue weighted by atomic mass is 10.1. The van der Waals surface area contributed by atoms with E-state index in [-0.39, 0.29) is 12.3 Å². The third-order valence-corrected chi connectivity index (χ3v) is 3.34. The van der Waals surface area contributed by atoms with Crippen LogP contribution in [0.25, 0.3) is 0 Å². The number of carbonyl (C=O) groups excluding carboxylic acids is 2. The number of carbonyl (C=O) groups is 2. The molecule has 0 aliphatic carbocycles. The maximum Gasteiger partial charge on any atom is 0.337 e. The summed E-state index contributed by atoms with van der Waals surface area (Å²) >= 11 is 6.03. The topological polar surface area (TPSA) is 81.4 Å². The molecule has 0 fully saturated rings. The Bertz CT molecular complexity index is 699. The van der Waals surface area contributed by atoms with E-state index < -0.39 is 5.97 Å². The molecule has 0 heterocycles. The van der Waals surface area contributed by atoms with Crippen LogP contribution in [0.3, 0.4) is 0 Å². The van der Waals surface area contributed by atoms with Crippen molar-refractivity contribution in [1.29, 1.82) is 0 Å². The fourth-order valence-electron chi connectivity index (χ4n) is 1.88. The number of methoxy groups -OCH3 is 1. The lowest BCUT2D eigenvalue weighted by Gasteiger charge is -2.09. The molecule has 0 aliphatic rings. The van der Waals surface area contributed by atoms with E-state index in [1.54, 1.807) is 24.3 Å². The second-order valence-corrected chi connectivity index (χ2v) is 5.06. The van der Waals surface area contributed by atoms with Gasteiger partial charge in [0.15, 0.2) is 0 Å². The van der Waals surface area contributed by atoms with Gasteiger partial charge in [0.1, 0.15) is 0 Å². The molecular weight excluding hydrogens is 304 g/mol. The quantitative estimate of drug-likeness (QED) is 0.671. The first-order valence-electron chi connectivity index (χ1n) is 6.51. The number of ether oxygens (including phenoxy) is 1. The molecule has 2 aromatic rings. The van der Waals surface area contributed by atoms with Gasteiger partial charge in [-0.15, -0.1) is 0 Å². The van der Waals surface area contributed by atoms with Gasteiger partial charge in [0.05, 0.1) is 29.8 Å². The first-order valence-corrected chi connectivity index (χ1v) is 6.89. The average molecular weight is 319 g/mol. The number of hydrogen-bond donors (Lipinski definition) is 2. The minimum atomic E-state index is -0.495. The van der Waals surface area contributed by atoms with Crippen molar-refractivity contribution in [3.8, 4) is 0 Å². The van der Waals surface area contributed by atoms with Crippen molar-refractivity contribution in [2.24, 2.45) is 0 Å². The van der Waals surface area contributed by atoms with Crippen molar-refractivity contribution in [2.75, 3.05) is 18.2 Å². The first-order chi connectivity index (χ1) is 10.5. The van der Waals surface area contributed by atoms with Crippen molar-refractivity contribution < 1.29 is 14.3 Å². The Balaban J connectivity index is 2.10. The lowest BCUT2D eigenvalue weighted by Crippen LogP contribution is -2.15. The van der Waals surface area contributed by atoms with Crippen LogP contribution in [-0.2, 0) is 16.0 Å². The number of amides is 1. The van der Waals surface area contributed by atoms with E-state index in [1.165, 1.54) is 25.3 Å². The van der Waals surface area contributed by atoms with Crippen LogP contribution in [-0.4, -0.2) is 19.0 Å². The molecule has 0 atom stereocenters. The molecule has 0 radical (unpaired) electrons. The largest absolute Gasteiger partial charge is 0.465 e. The Labute approximate surface area is 133 Å². The fourth-order valence-corrected chi connectivity index (χ4v) is 2.05. The van der Waals surface area contributed by atoms with Gasteiger partial charge in [0, 0.05) is 5.69 Å². The van der Waals surface area contributed by atoms with Gasteiger partial charge < -0.3 is 15.8 Å². The molecule has 0 spiro atoms. The predicted octanol–water partition coefficient (Wildman–Crippen LogP) is 2.89. The van der Waals surface area contributed by atoms with Crippen LogP contribution in [0.1, 0.15) is 15.9 Å². The zero-order valence-electron chi connectivity index (χ0n) is 11.9. The minimum absolute atomic E-state index is 0.180. The summed E-state index contributed by atoms with van der Waals surface area (Å²) in [6.07, 6.45) is 0.180. The number of halogens is 1. The van der Waals surface area contributed by atoms with Crippen LogP contribution in [0, 0.1) is 0 Å². The Kier molecular flexibility index (Phi) is 5.01. The van der Waals surface area contributed by atoms with Crippen molar-refractivity contribution >= 4 is 34.9 Å². The predicted molar refractivity (Wildman–Crippen MR) is 86.0 cm³/mol. The number of nitrogens with one attached hydrogen (secondary N) is 1. The highest BCUT2D eigenvalue weighted by Crippen LogP contribution is 2.23. The summed E-state index contributed by atoms with van der Waals surface area (Å²) in [5.74, 6) is -0.737. The summed E-state index contributed by atoms with van der Waals surface area (Å²) in [4.78, 5) is 23.5. The van der Waals surface area contributed by atoms with Gasteiger partial charge in [-0.2, -0.15) is 0 Å². The molecule has 0 aromatic heterocycles. The van der Waals surface area contributed by atoms with E-state index in [0.29, 0.717) is 22.0 Å². The van der Waals surface area contributed by atoms with Gasteiger partial charge in [-0.05, 0) is 35.9 Å². The SMILES string of the molecule is COC(=O)c1ccc(Cl)c(NC(=O)Cc2ccc(N)cc2)c1. The monoisotopic (exact) mass is 318 g/mol. The second kappa shape index (κ2) is 6.95. The highest BCUT2D eigenvalue weighted by Gasteiger charge is 2.11. The van der Waals surface area contributed by atoms with E-state index in [4.69, 9.17) is 17.3 Å². The summed E-state index contributed by atoms with van der Waals surface area (Å²) in [5.41, 5.74) is 7.74. The van der Waals surface area contributed by atoms with Gasteiger partial charge >= 0.3 is 5.97 Å². The zero-order valence-corrected chi connectivity index (χ0v) is 12.7. The Morgan fingerprint density at radius 2 is 1.86 bits per heavy atom. The van der Waals surface area contributed by atoms with E-state index in [1.807, 2.05) is 0 Å². The van der Waals surface area contributed by atoms with E-state index in [0.717, 1.165) is 5.56 Å². The van der Waals surface area contributed by atoms with E-state index in [2.05, 4.69) is 10.1 Å². The molecule has 2 rings (SSSR count). The molecule has 114 valence electrons. The molecule has 2 aromatic carbocycles. The van der Waals surface area contributed by atoms with Crippen LogP contribution in [0.5, 0.6) is 0 Å². The van der Waals surface area contributed by atoms with Gasteiger partial charge in [-0.1, -0.05) is 23.7 Å². The van der Waals surface area contributed by atoms with Crippen LogP contribution < -0.4 is 11.1 Å². The Morgan fingerprint density at radius 3 is 2.50 bits per heavy atom. The van der Waals surface area contributed by atoms with Crippen LogP contribution in [0.15, 0.2) is 42.5 Å². The van der Waals surface area contributed by atoms with Gasteiger partial charge in [0.25, 0.3) is 0 Å². The van der Waals surface area contributed by atoms with Crippen molar-refractivity contribution in [3.63, 3.8) is 0 Å². The maximum atomic E-state index is 12.1. The molecule has 0 saturated heterocycles. The molecule has 5 nitrogen and oxygen atoms in total. The molecule has 0 aliphatic heterocycles. The number of rotatable bonds is 4. The second-order valence-electron chi connectivity index (χ2n) is 4.65. The summed E-state index contributed by atoms with van der Waals surface area (Å²) in [7, 11) is 1.29. The van der Waals surface area contributed by atoms with Crippen molar-refractivity contribution in [1.82, 2.24) is 0 Å². The van der Waals surface area contributed by atoms with E-state index >= 15 is 0 Å². The number of esters is 1. The van der Waals surface area contributed by atoms with Gasteiger partial charge in [-0.3, -0.25) is 4.79 Å². The normalized spacial score (nSPS) is 10.1. The number of benzene rings is 2. The molecule has 22 heavy (non-hydrogen) atoms. The molecular formula is C16H15ClN2O3. The standard InChI is InChI=1S/C16H15ClN2O3/c1-22-16(21)11-4-7-13(17)14(9-11)19-15(20)8-10-2-5-12(18)6-3-10/h2-7,9H,8,18H2,1H3,(H,19,20). The highest BCUT2D eigenvalue weighted by molar-refractivity contribution is 6.33. The maximum absolute atomic E-state index is 12.1. The number of hydrogen-bond acceptors (Lipinski definition) is 4. The molecule has 3 N–H and O–H groups in total. The van der Waals surface area contributed by atoms with Crippen LogP contribution in [0.4, 0.5) is 11.4 Å². The number of nitrogen functional groups attached to an aromatic ring is 1. The summed E-state index contributed by atoms with van der Waals surface area (Å²) < 4.78 is 4.64. The van der Waals surface area contributed by atoms with Crippen LogP contribution in [0.2, 0.25) is 5.02 Å². The van der Waals surface area contributed by atoms with Gasteiger partial charge in [-0.25, -0.2) is 4.79 Å². The van der Waals surface area contributed by atoms with Crippen molar-refractivity contribution in [3.05, 3.63) is 58.6 Å². The van der Waals surface area contributed by atoms with E-state index in [9.17, 15) is 9.59 Å². The molecule has 0 unspecified atom stereocenters. The molecule has 0 saturated carbocycles. The van der Waals surface area contributed by atoms with Crippen molar-refractivity contribution in [2.45, 2.75) is 6.42 Å². The minimum Gasteiger partial charge on any atom is -0.465 e. The summed E-state index contributed by atoms with van der Waals surface area (Å²) in [6.45, 7) is 0. The van der Waals surface area contributed by atoms with Gasteiger partial charge in [0.2, 0.25) is 5.91 Å². The number of nitrogens with two attached hydrogens (primary N) is 1.